The van der Waals surface area contributed by atoms with Crippen LogP contribution in [-0.2, 0) is 16.8 Å². The molecule has 4 aromatic rings. The molecule has 0 saturated carbocycles. The number of benzene rings is 2. The first-order chi connectivity index (χ1) is 19.9. The summed E-state index contributed by atoms with van der Waals surface area (Å²) in [7, 11) is 0. The first-order valence-corrected chi connectivity index (χ1v) is 13.8. The van der Waals surface area contributed by atoms with E-state index in [1.54, 1.807) is 18.3 Å². The van der Waals surface area contributed by atoms with E-state index in [9.17, 15) is 9.90 Å². The fourth-order valence-corrected chi connectivity index (χ4v) is 4.80. The molecule has 0 bridgehead atoms. The van der Waals surface area contributed by atoms with Gasteiger partial charge in [0.1, 0.15) is 11.4 Å². The van der Waals surface area contributed by atoms with Gasteiger partial charge in [0.25, 0.3) is 5.89 Å². The number of aliphatic hydroxyl groups is 1. The zero-order valence-corrected chi connectivity index (χ0v) is 23.3. The lowest BCUT2D eigenvalue weighted by Gasteiger charge is -2.20. The standard InChI is InChI=1S/C30H35N7O4/c1-30(2)23-16-20(13-14-21(23)28(39)41-30)33-29-32-17-22(27-37-36-25(40-27)12-8-3-4-9-15-31)26(35-29)34-24(18-38)19-10-6-5-7-11-19/h5-7,10-11,13-14,16-17,24,38H,3-4,8-9,12,15,18,31H2,1-2H3,(H2,32,33,34,35)/t24-/m1/s1. The van der Waals surface area contributed by atoms with Crippen molar-refractivity contribution in [2.24, 2.45) is 5.73 Å². The van der Waals surface area contributed by atoms with Crippen LogP contribution in [0.2, 0.25) is 0 Å². The van der Waals surface area contributed by atoms with Crippen LogP contribution in [0.1, 0.15) is 72.9 Å². The number of fused-ring (bicyclic) bond motifs is 1. The molecular formula is C30H35N7O4. The van der Waals surface area contributed by atoms with Crippen molar-refractivity contribution < 1.29 is 19.1 Å². The summed E-state index contributed by atoms with van der Waals surface area (Å²) in [5.41, 5.74) is 8.28. The topological polar surface area (TPSA) is 161 Å². The Morgan fingerprint density at radius 3 is 2.61 bits per heavy atom. The van der Waals surface area contributed by atoms with Gasteiger partial charge in [0.05, 0.1) is 23.8 Å². The predicted molar refractivity (Wildman–Crippen MR) is 155 cm³/mol. The van der Waals surface area contributed by atoms with Crippen molar-refractivity contribution in [3.63, 3.8) is 0 Å². The summed E-state index contributed by atoms with van der Waals surface area (Å²) < 4.78 is 11.5. The van der Waals surface area contributed by atoms with Crippen LogP contribution < -0.4 is 16.4 Å². The Hall–Kier alpha value is -4.35. The highest BCUT2D eigenvalue weighted by Crippen LogP contribution is 2.38. The Morgan fingerprint density at radius 1 is 1.02 bits per heavy atom. The Balaban J connectivity index is 1.42. The molecule has 0 radical (unpaired) electrons. The van der Waals surface area contributed by atoms with Crippen molar-refractivity contribution in [1.29, 1.82) is 0 Å². The molecule has 0 spiro atoms. The number of cyclic esters (lactones) is 1. The zero-order valence-electron chi connectivity index (χ0n) is 23.3. The number of nitrogens with two attached hydrogens (primary N) is 1. The van der Waals surface area contributed by atoms with Gasteiger partial charge >= 0.3 is 5.97 Å². The molecule has 1 aliphatic rings. The molecule has 41 heavy (non-hydrogen) atoms. The molecule has 2 aromatic heterocycles. The summed E-state index contributed by atoms with van der Waals surface area (Å²) >= 11 is 0. The van der Waals surface area contributed by atoms with Gasteiger partial charge in [-0.15, -0.1) is 10.2 Å². The van der Waals surface area contributed by atoms with Crippen LogP contribution in [0.3, 0.4) is 0 Å². The molecule has 0 aliphatic carbocycles. The molecule has 0 unspecified atom stereocenters. The molecule has 5 rings (SSSR count). The van der Waals surface area contributed by atoms with Crippen molar-refractivity contribution in [2.45, 2.75) is 57.6 Å². The second kappa shape index (κ2) is 12.4. The maximum Gasteiger partial charge on any atom is 0.339 e. The molecule has 11 heteroatoms. The average Bonchev–Trinajstić information content (AvgIpc) is 3.53. The fraction of sp³-hybridized carbons (Fsp3) is 0.367. The highest BCUT2D eigenvalue weighted by atomic mass is 16.6. The molecular weight excluding hydrogens is 522 g/mol. The smallest absolute Gasteiger partial charge is 0.339 e. The number of carbonyl (C=O) groups excluding carboxylic acids is 1. The number of nitrogens with one attached hydrogen (secondary N) is 2. The van der Waals surface area contributed by atoms with Gasteiger partial charge in [0.15, 0.2) is 0 Å². The van der Waals surface area contributed by atoms with E-state index in [4.69, 9.17) is 19.9 Å². The lowest BCUT2D eigenvalue weighted by atomic mass is 9.95. The van der Waals surface area contributed by atoms with Gasteiger partial charge in [0.2, 0.25) is 11.8 Å². The fourth-order valence-electron chi connectivity index (χ4n) is 4.80. The molecule has 3 heterocycles. The third-order valence-corrected chi connectivity index (χ3v) is 7.02. The van der Waals surface area contributed by atoms with Crippen LogP contribution >= 0.6 is 0 Å². The summed E-state index contributed by atoms with van der Waals surface area (Å²) in [6.45, 7) is 4.24. The Morgan fingerprint density at radius 2 is 1.83 bits per heavy atom. The highest BCUT2D eigenvalue weighted by molar-refractivity contribution is 5.95. The predicted octanol–water partition coefficient (Wildman–Crippen LogP) is 4.88. The highest BCUT2D eigenvalue weighted by Gasteiger charge is 2.37. The normalized spacial score (nSPS) is 14.4. The van der Waals surface area contributed by atoms with Gasteiger partial charge < -0.3 is 30.6 Å². The summed E-state index contributed by atoms with van der Waals surface area (Å²) in [4.78, 5) is 21.4. The maximum atomic E-state index is 12.2. The second-order valence-electron chi connectivity index (χ2n) is 10.5. The van der Waals surface area contributed by atoms with Crippen LogP contribution in [0, 0.1) is 0 Å². The summed E-state index contributed by atoms with van der Waals surface area (Å²) in [6.07, 6.45) is 6.33. The summed E-state index contributed by atoms with van der Waals surface area (Å²) in [6, 6.07) is 14.5. The molecule has 11 nitrogen and oxygen atoms in total. The minimum Gasteiger partial charge on any atom is -0.451 e. The van der Waals surface area contributed by atoms with Crippen LogP contribution in [0.5, 0.6) is 0 Å². The van der Waals surface area contributed by atoms with E-state index in [1.807, 2.05) is 50.2 Å². The van der Waals surface area contributed by atoms with E-state index in [0.717, 1.165) is 36.8 Å². The number of nitrogens with zero attached hydrogens (tertiary/aromatic N) is 4. The van der Waals surface area contributed by atoms with Gasteiger partial charge in [-0.3, -0.25) is 0 Å². The first kappa shape index (κ1) is 28.2. The van der Waals surface area contributed by atoms with Gasteiger partial charge in [-0.1, -0.05) is 43.2 Å². The summed E-state index contributed by atoms with van der Waals surface area (Å²) in [5.74, 6) is 1.22. The second-order valence-corrected chi connectivity index (χ2v) is 10.5. The molecule has 1 atom stereocenters. The van der Waals surface area contributed by atoms with E-state index in [0.29, 0.717) is 47.4 Å². The average molecular weight is 558 g/mol. The number of hydrogen-bond acceptors (Lipinski definition) is 11. The maximum absolute atomic E-state index is 12.2. The molecule has 0 amide bonds. The third-order valence-electron chi connectivity index (χ3n) is 7.02. The number of hydrogen-bond donors (Lipinski definition) is 4. The minimum atomic E-state index is -0.731. The van der Waals surface area contributed by atoms with E-state index < -0.39 is 11.6 Å². The van der Waals surface area contributed by atoms with E-state index in [2.05, 4.69) is 25.8 Å². The number of aryl methyl sites for hydroxylation is 1. The molecule has 2 aromatic carbocycles. The van der Waals surface area contributed by atoms with Gasteiger partial charge in [-0.2, -0.15) is 4.98 Å². The quantitative estimate of drug-likeness (QED) is 0.131. The van der Waals surface area contributed by atoms with Gasteiger partial charge in [-0.25, -0.2) is 9.78 Å². The Labute approximate surface area is 238 Å². The van der Waals surface area contributed by atoms with Crippen molar-refractivity contribution in [1.82, 2.24) is 20.2 Å². The number of aromatic nitrogens is 4. The number of unbranched alkanes of at least 4 members (excludes halogenated alkanes) is 3. The number of esters is 1. The van der Waals surface area contributed by atoms with Gasteiger partial charge in [-0.05, 0) is 57.0 Å². The molecule has 0 fully saturated rings. The number of ether oxygens (including phenoxy) is 1. The Bertz CT molecular complexity index is 1490. The SMILES string of the molecule is CC1(C)OC(=O)c2ccc(Nc3ncc(-c4nnc(CCCCCCN)o4)c(N[C@H](CO)c4ccccc4)n3)cc21. The van der Waals surface area contributed by atoms with Crippen molar-refractivity contribution >= 4 is 23.4 Å². The summed E-state index contributed by atoms with van der Waals surface area (Å²) in [5, 5.41) is 25.2. The van der Waals surface area contributed by atoms with Crippen LogP contribution in [0.15, 0.2) is 59.1 Å². The molecule has 5 N–H and O–H groups in total. The lowest BCUT2D eigenvalue weighted by molar-refractivity contribution is 0.00954. The molecule has 1 aliphatic heterocycles. The third kappa shape index (κ3) is 6.53. The van der Waals surface area contributed by atoms with Crippen LogP contribution in [0.25, 0.3) is 11.5 Å². The van der Waals surface area contributed by atoms with E-state index in [1.165, 1.54) is 0 Å². The number of anilines is 3. The van der Waals surface area contributed by atoms with Crippen LogP contribution in [-0.4, -0.2) is 44.4 Å². The monoisotopic (exact) mass is 557 g/mol. The molecule has 0 saturated heterocycles. The van der Waals surface area contributed by atoms with Crippen molar-refractivity contribution in [2.75, 3.05) is 23.8 Å². The van der Waals surface area contributed by atoms with E-state index >= 15 is 0 Å². The first-order valence-electron chi connectivity index (χ1n) is 13.8. The number of aliphatic hydroxyl groups excluding tert-OH is 1. The number of rotatable bonds is 13. The minimum absolute atomic E-state index is 0.165. The van der Waals surface area contributed by atoms with Crippen LogP contribution in [0.4, 0.5) is 17.5 Å². The lowest BCUT2D eigenvalue weighted by Crippen LogP contribution is -2.17. The Kier molecular flexibility index (Phi) is 8.55. The largest absolute Gasteiger partial charge is 0.451 e. The zero-order chi connectivity index (χ0) is 28.8. The van der Waals surface area contributed by atoms with Gasteiger partial charge in [0, 0.05) is 23.9 Å². The number of carbonyl (C=O) groups is 1. The molecule has 214 valence electrons. The van der Waals surface area contributed by atoms with Crippen molar-refractivity contribution in [3.05, 3.63) is 77.3 Å². The van der Waals surface area contributed by atoms with E-state index in [-0.39, 0.29) is 18.5 Å². The van der Waals surface area contributed by atoms with Crippen molar-refractivity contribution in [3.8, 4) is 11.5 Å².